The van der Waals surface area contributed by atoms with Crippen molar-refractivity contribution in [2.45, 2.75) is 257 Å². The summed E-state index contributed by atoms with van der Waals surface area (Å²) in [6.45, 7) is 31.1. The second-order valence-electron chi connectivity index (χ2n) is 25.4. The predicted molar refractivity (Wildman–Crippen MR) is 253 cm³/mol. The predicted octanol–water partition coefficient (Wildman–Crippen LogP) is 5.61. The van der Waals surface area contributed by atoms with Crippen molar-refractivity contribution in [1.82, 2.24) is 31.1 Å². The molecule has 0 bridgehead atoms. The van der Waals surface area contributed by atoms with Crippen LogP contribution in [0.1, 0.15) is 188 Å². The number of carbonyl (C=O) groups excluding carboxylic acids is 6. The van der Waals surface area contributed by atoms with Crippen molar-refractivity contribution in [3.8, 4) is 0 Å². The summed E-state index contributed by atoms with van der Waals surface area (Å²) in [7, 11) is 0. The minimum absolute atomic E-state index is 0.0681. The molecule has 16 heteroatoms. The summed E-state index contributed by atoms with van der Waals surface area (Å²) >= 11 is 0. The Morgan fingerprint density at radius 1 is 0.348 bits per heavy atom. The number of esters is 4. The summed E-state index contributed by atoms with van der Waals surface area (Å²) in [5.41, 5.74) is -2.23. The molecule has 378 valence electrons. The highest BCUT2D eigenvalue weighted by Gasteiger charge is 2.43. The first-order valence-electron chi connectivity index (χ1n) is 24.4. The molecular formula is C50H88N6O10. The van der Waals surface area contributed by atoms with Crippen molar-refractivity contribution in [1.29, 1.82) is 0 Å². The first-order valence-corrected chi connectivity index (χ1v) is 24.4. The first kappa shape index (κ1) is 55.3. The molecule has 0 radical (unpaired) electrons. The maximum Gasteiger partial charge on any atom is 0.325 e. The van der Waals surface area contributed by atoms with Gasteiger partial charge in [-0.25, -0.2) is 0 Å². The summed E-state index contributed by atoms with van der Waals surface area (Å²) in [5.74, 6) is -3.38. The van der Waals surface area contributed by atoms with Crippen LogP contribution in [0.3, 0.4) is 0 Å². The standard InChI is InChI=1S/C50H88N6O10/c1-43(2)21-33(22-44(3,4)51-43)63-39(59)29-55(30-40(60)64-34-23-45(5,6)52-46(7,8)24-34)37(57)19-17-18-20-38(58)56(31-41(61)65-35-25-47(9,10)53-48(11,12)26-35)32-42(62)66-36-27-49(13,14)54-50(15,16)28-36/h33-36,51-54H,17-32H2,1-16H3. The summed E-state index contributed by atoms with van der Waals surface area (Å²) < 4.78 is 23.8. The molecule has 2 amide bonds. The van der Waals surface area contributed by atoms with Crippen LogP contribution in [0.15, 0.2) is 0 Å². The number of unbranched alkanes of at least 4 members (excludes halogenated alkanes) is 1. The van der Waals surface area contributed by atoms with E-state index in [1.165, 1.54) is 9.80 Å². The van der Waals surface area contributed by atoms with E-state index in [0.29, 0.717) is 51.4 Å². The first-order chi connectivity index (χ1) is 29.9. The lowest BCUT2D eigenvalue weighted by atomic mass is 9.81. The fourth-order valence-corrected chi connectivity index (χ4v) is 12.1. The third-order valence-electron chi connectivity index (χ3n) is 12.8. The number of hydrogen-bond acceptors (Lipinski definition) is 14. The third-order valence-corrected chi connectivity index (χ3v) is 12.8. The maximum atomic E-state index is 13.9. The number of piperidine rings is 4. The minimum Gasteiger partial charge on any atom is -0.461 e. The molecule has 4 N–H and O–H groups in total. The molecule has 4 heterocycles. The molecule has 66 heavy (non-hydrogen) atoms. The number of nitrogens with one attached hydrogen (secondary N) is 4. The van der Waals surface area contributed by atoms with Crippen LogP contribution in [0.25, 0.3) is 0 Å². The molecule has 4 fully saturated rings. The molecule has 4 rings (SSSR count). The van der Waals surface area contributed by atoms with Gasteiger partial charge in [0.2, 0.25) is 11.8 Å². The van der Waals surface area contributed by atoms with Gasteiger partial charge in [-0.1, -0.05) is 0 Å². The zero-order valence-electron chi connectivity index (χ0n) is 43.6. The maximum absolute atomic E-state index is 13.9. The summed E-state index contributed by atoms with van der Waals surface area (Å²) in [6.07, 6.45) is 3.49. The largest absolute Gasteiger partial charge is 0.461 e. The van der Waals surface area contributed by atoms with Gasteiger partial charge in [-0.05, 0) is 124 Å². The van der Waals surface area contributed by atoms with Gasteiger partial charge < -0.3 is 50.0 Å². The molecule has 4 saturated heterocycles. The number of carbonyl (C=O) groups is 6. The Kier molecular flexibility index (Phi) is 17.3. The van der Waals surface area contributed by atoms with Crippen LogP contribution in [-0.4, -0.2) is 140 Å². The average Bonchev–Trinajstić information content (AvgIpc) is 3.03. The molecule has 4 aliphatic rings. The van der Waals surface area contributed by atoms with Gasteiger partial charge in [0.1, 0.15) is 50.6 Å². The second-order valence-corrected chi connectivity index (χ2v) is 25.4. The zero-order valence-corrected chi connectivity index (χ0v) is 43.6. The molecule has 0 aromatic rings. The topological polar surface area (TPSA) is 194 Å². The van der Waals surface area contributed by atoms with Crippen LogP contribution in [0.5, 0.6) is 0 Å². The van der Waals surface area contributed by atoms with Crippen LogP contribution in [0.2, 0.25) is 0 Å². The number of nitrogens with zero attached hydrogens (tertiary/aromatic N) is 2. The van der Waals surface area contributed by atoms with E-state index in [4.69, 9.17) is 18.9 Å². The number of ether oxygens (including phenoxy) is 4. The van der Waals surface area contributed by atoms with Gasteiger partial charge in [-0.3, -0.25) is 28.8 Å². The number of hydrogen-bond donors (Lipinski definition) is 4. The van der Waals surface area contributed by atoms with Crippen molar-refractivity contribution < 1.29 is 47.7 Å². The Hall–Kier alpha value is -3.34. The van der Waals surface area contributed by atoms with E-state index in [1.54, 1.807) is 0 Å². The normalized spacial score (nSPS) is 24.3. The molecule has 0 aromatic carbocycles. The number of amides is 2. The lowest BCUT2D eigenvalue weighted by Crippen LogP contribution is -2.60. The Bertz CT molecular complexity index is 1470. The van der Waals surface area contributed by atoms with E-state index in [-0.39, 0.29) is 94.4 Å². The van der Waals surface area contributed by atoms with Crippen molar-refractivity contribution in [2.75, 3.05) is 26.2 Å². The Balaban J connectivity index is 1.42. The van der Waals surface area contributed by atoms with Crippen LogP contribution >= 0.6 is 0 Å². The van der Waals surface area contributed by atoms with E-state index < -0.39 is 61.9 Å². The molecule has 0 atom stereocenters. The van der Waals surface area contributed by atoms with Crippen LogP contribution in [-0.2, 0) is 47.7 Å². The van der Waals surface area contributed by atoms with Crippen LogP contribution in [0, 0.1) is 0 Å². The quantitative estimate of drug-likeness (QED) is 0.0799. The summed E-state index contributed by atoms with van der Waals surface area (Å²) in [6, 6.07) is 0. The molecule has 0 spiro atoms. The SMILES string of the molecule is CC1(C)CC(OC(=O)CN(CC(=O)OC2CC(C)(C)NC(C)(C)C2)C(=O)CCCCC(=O)N(CC(=O)OC2CC(C)(C)NC(C)(C)C2)CC(=O)OC2CC(C)(C)NC(C)(C)C2)CC(C)(C)N1. The van der Waals surface area contributed by atoms with Gasteiger partial charge in [0.05, 0.1) is 0 Å². The molecule has 16 nitrogen and oxygen atoms in total. The highest BCUT2D eigenvalue weighted by Crippen LogP contribution is 2.34. The van der Waals surface area contributed by atoms with Gasteiger partial charge in [-0.15, -0.1) is 0 Å². The van der Waals surface area contributed by atoms with Crippen LogP contribution in [0.4, 0.5) is 0 Å². The van der Waals surface area contributed by atoms with E-state index in [9.17, 15) is 28.8 Å². The minimum atomic E-state index is -0.614. The zero-order chi connectivity index (χ0) is 49.9. The Labute approximate surface area is 396 Å². The molecule has 0 unspecified atom stereocenters. The lowest BCUT2D eigenvalue weighted by molar-refractivity contribution is -0.163. The van der Waals surface area contributed by atoms with E-state index in [0.717, 1.165) is 0 Å². The highest BCUT2D eigenvalue weighted by atomic mass is 16.6. The van der Waals surface area contributed by atoms with Crippen molar-refractivity contribution in [3.63, 3.8) is 0 Å². The van der Waals surface area contributed by atoms with E-state index in [1.807, 2.05) is 0 Å². The molecule has 4 aliphatic heterocycles. The summed E-state index contributed by atoms with van der Waals surface area (Å²) in [4.78, 5) is 84.2. The van der Waals surface area contributed by atoms with Gasteiger partial charge in [0.15, 0.2) is 0 Å². The van der Waals surface area contributed by atoms with Gasteiger partial charge in [0, 0.05) is 109 Å². The monoisotopic (exact) mass is 933 g/mol. The van der Waals surface area contributed by atoms with E-state index in [2.05, 4.69) is 132 Å². The Morgan fingerprint density at radius 2 is 0.515 bits per heavy atom. The lowest BCUT2D eigenvalue weighted by Gasteiger charge is -2.46. The van der Waals surface area contributed by atoms with E-state index >= 15 is 0 Å². The highest BCUT2D eigenvalue weighted by molar-refractivity contribution is 5.87. The molecule has 0 aliphatic carbocycles. The van der Waals surface area contributed by atoms with Crippen molar-refractivity contribution >= 4 is 35.7 Å². The average molecular weight is 933 g/mol. The smallest absolute Gasteiger partial charge is 0.325 e. The third kappa shape index (κ3) is 18.6. The molecule has 0 aromatic heterocycles. The molecule has 0 saturated carbocycles. The van der Waals surface area contributed by atoms with Crippen LogP contribution < -0.4 is 21.3 Å². The fraction of sp³-hybridized carbons (Fsp3) is 0.880. The molecular weight excluding hydrogens is 845 g/mol. The Morgan fingerprint density at radius 3 is 0.682 bits per heavy atom. The van der Waals surface area contributed by atoms with Gasteiger partial charge in [0.25, 0.3) is 0 Å². The summed E-state index contributed by atoms with van der Waals surface area (Å²) in [5, 5.41) is 14.3. The second kappa shape index (κ2) is 20.7. The van der Waals surface area contributed by atoms with Gasteiger partial charge >= 0.3 is 23.9 Å². The fourth-order valence-electron chi connectivity index (χ4n) is 12.1. The van der Waals surface area contributed by atoms with Gasteiger partial charge in [-0.2, -0.15) is 0 Å². The van der Waals surface area contributed by atoms with Crippen molar-refractivity contribution in [2.24, 2.45) is 0 Å². The number of rotatable bonds is 17. The van der Waals surface area contributed by atoms with Crippen molar-refractivity contribution in [3.05, 3.63) is 0 Å².